The Hall–Kier alpha value is -7.77. The molecule has 9 rings (SSSR count). The SMILES string of the molecule is CC(=O)OC(C)C(C)C.CC(C)C(=O)OC(C)C(C)C.CC(C)C(C)OC(=O)OC1CCCCC1.CC(C)C1OC(=O)c2ccccc21.CC(C)CCN1CCOCC1.CC(C)COC(=O)C(C)(C)C.CC(C)COC(=O)C(C)(C)C.CC(C)c1ccc2c(c1)CCC2.CC(C)c1ccccc1.COc1ccccc1C(C)C.Cc1oc(=O)oc1CC(C)C. The number of carbonyl (C=O) groups excluding carboxylic acids is 6. The van der Waals surface area contributed by atoms with Gasteiger partial charge < -0.3 is 51.5 Å². The van der Waals surface area contributed by atoms with Crippen molar-refractivity contribution < 1.29 is 80.2 Å². The van der Waals surface area contributed by atoms with E-state index in [1.807, 2.05) is 194 Å². The average Bonchev–Trinajstić information content (AvgIpc) is 1.66. The first-order valence-electron chi connectivity index (χ1n) is 46.2. The third kappa shape index (κ3) is 55.6. The summed E-state index contributed by atoms with van der Waals surface area (Å²) >= 11 is 0. The third-order valence-electron chi connectivity index (χ3n) is 20.3. The Morgan fingerprint density at radius 2 is 0.992 bits per heavy atom. The highest BCUT2D eigenvalue weighted by Gasteiger charge is 2.33. The molecule has 124 heavy (non-hydrogen) atoms. The fraction of sp³-hybridized carbons (Fsp3) is 0.686. The fourth-order valence-corrected chi connectivity index (χ4v) is 11.2. The molecule has 2 fully saturated rings. The Labute approximate surface area is 753 Å². The van der Waals surface area contributed by atoms with Crippen molar-refractivity contribution >= 4 is 36.0 Å². The Kier molecular flexibility index (Phi) is 61.1. The summed E-state index contributed by atoms with van der Waals surface area (Å²) in [6, 6.07) is 33.2. The van der Waals surface area contributed by atoms with Gasteiger partial charge in [-0.1, -0.05) is 258 Å². The Bertz CT molecular complexity index is 3680. The largest absolute Gasteiger partial charge is 0.519 e. The van der Waals surface area contributed by atoms with Crippen molar-refractivity contribution in [2.24, 2.45) is 64.1 Å². The normalized spacial score (nSPS) is 14.8. The van der Waals surface area contributed by atoms with E-state index in [2.05, 4.69) is 137 Å². The van der Waals surface area contributed by atoms with Crippen LogP contribution in [0.2, 0.25) is 0 Å². The Morgan fingerprint density at radius 1 is 0.508 bits per heavy atom. The second kappa shape index (κ2) is 64.0. The number of para-hydroxylation sites is 1. The third-order valence-corrected chi connectivity index (χ3v) is 20.3. The highest BCUT2D eigenvalue weighted by molar-refractivity contribution is 5.94. The van der Waals surface area contributed by atoms with Crippen LogP contribution in [-0.4, -0.2) is 118 Å². The number of benzene rings is 4. The summed E-state index contributed by atoms with van der Waals surface area (Å²) in [5.41, 5.74) is 8.39. The van der Waals surface area contributed by atoms with Gasteiger partial charge in [-0.25, -0.2) is 14.4 Å². The van der Waals surface area contributed by atoms with Crippen molar-refractivity contribution in [3.05, 3.63) is 158 Å². The van der Waals surface area contributed by atoms with Crippen LogP contribution in [0.5, 0.6) is 5.75 Å². The predicted octanol–water partition coefficient (Wildman–Crippen LogP) is 26.4. The molecule has 5 aromatic rings. The number of hydrogen-bond donors (Lipinski definition) is 0. The summed E-state index contributed by atoms with van der Waals surface area (Å²) in [6.07, 6.45) is 11.2. The summed E-state index contributed by atoms with van der Waals surface area (Å²) < 4.78 is 55.7. The van der Waals surface area contributed by atoms with Gasteiger partial charge in [-0.05, 0) is 232 Å². The maximum atomic E-state index is 11.4. The van der Waals surface area contributed by atoms with Crippen LogP contribution in [0.1, 0.15) is 359 Å². The van der Waals surface area contributed by atoms with E-state index in [1.165, 1.54) is 62.3 Å². The zero-order chi connectivity index (χ0) is 95.3. The van der Waals surface area contributed by atoms with E-state index in [-0.39, 0.29) is 77.1 Å². The number of carbonyl (C=O) groups is 6. The molecule has 1 aromatic heterocycles. The van der Waals surface area contributed by atoms with Crippen LogP contribution in [0.4, 0.5) is 4.79 Å². The number of esters is 5. The van der Waals surface area contributed by atoms with Crippen LogP contribution in [-0.2, 0) is 76.3 Å². The summed E-state index contributed by atoms with van der Waals surface area (Å²) in [5, 5.41) is 0. The number of ether oxygens (including phenoxy) is 9. The van der Waals surface area contributed by atoms with Crippen LogP contribution < -0.4 is 10.6 Å². The molecule has 0 N–H and O–H groups in total. The topological polar surface area (TPSA) is 232 Å². The number of hydrogen-bond acceptors (Lipinski definition) is 19. The smallest absolute Gasteiger partial charge is 0.496 e. The van der Waals surface area contributed by atoms with Gasteiger partial charge >= 0.3 is 41.8 Å². The maximum Gasteiger partial charge on any atom is 0.519 e. The van der Waals surface area contributed by atoms with Gasteiger partial charge in [0.25, 0.3) is 0 Å². The molecule has 4 atom stereocenters. The molecule has 19 heteroatoms. The molecule has 19 nitrogen and oxygen atoms in total. The molecule has 0 bridgehead atoms. The van der Waals surface area contributed by atoms with Gasteiger partial charge in [-0.2, -0.15) is 0 Å². The van der Waals surface area contributed by atoms with Gasteiger partial charge in [0.15, 0.2) is 0 Å². The lowest BCUT2D eigenvalue weighted by Gasteiger charge is -2.26. The number of methoxy groups -OCH3 is 1. The quantitative estimate of drug-likeness (QED) is 0.0463. The van der Waals surface area contributed by atoms with E-state index in [9.17, 15) is 33.6 Å². The second-order valence-electron chi connectivity index (χ2n) is 39.1. The zero-order valence-electron chi connectivity index (χ0n) is 84.4. The first kappa shape index (κ1) is 118. The van der Waals surface area contributed by atoms with E-state index in [0.29, 0.717) is 83.9 Å². The molecular weight excluding hydrogens is 1560 g/mol. The van der Waals surface area contributed by atoms with Crippen molar-refractivity contribution in [2.75, 3.05) is 53.2 Å². The fourth-order valence-electron chi connectivity index (χ4n) is 11.2. The lowest BCUT2D eigenvalue weighted by Crippen LogP contribution is -2.37. The Morgan fingerprint density at radius 3 is 1.40 bits per heavy atom. The van der Waals surface area contributed by atoms with Gasteiger partial charge in [0.05, 0.1) is 55.8 Å². The first-order chi connectivity index (χ1) is 57.7. The average molecular weight is 1740 g/mol. The van der Waals surface area contributed by atoms with Crippen LogP contribution in [0.25, 0.3) is 0 Å². The Balaban J connectivity index is 0. The van der Waals surface area contributed by atoms with Crippen molar-refractivity contribution in [1.29, 1.82) is 0 Å². The first-order valence-corrected chi connectivity index (χ1v) is 46.2. The lowest BCUT2D eigenvalue weighted by atomic mass is 9.97. The molecule has 0 spiro atoms. The number of aryl methyl sites for hydroxylation is 3. The zero-order valence-corrected chi connectivity index (χ0v) is 84.4. The molecule has 2 aliphatic heterocycles. The minimum Gasteiger partial charge on any atom is -0.496 e. The van der Waals surface area contributed by atoms with Crippen LogP contribution >= 0.6 is 0 Å². The standard InChI is InChI=1S/C12H22O3.C12H16.C11H12O2.C10H14O.C9H19NO.3C9H18O2.C9H12.C8H12O3.C7H14O2/c1-9(2)10(3)14-12(13)15-11-7-5-4-6-8-11;1-9(2)11-7-6-10-4-3-5-12(10)8-11;1-7(2)10-8-5-3-4-6-9(8)11(12)13-10;1-8(2)9-6-4-5-7-10(9)11-3;1-9(2)3-4-10-5-7-11-8-6-10;2*1-7(2)6-11-8(10)9(3,4)5;1-6(2)8(5)11-9(10)7(3)4;1-8(2)9-6-4-3-5-7-9;1-5(2)4-7-6(3)10-8(9)11-7;1-5(2)6(3)9-7(4)8/h9-11H,4-8H2,1-3H3;6-9H,3-5H2,1-2H3;3-7,10H,1-2H3;4-8H,1-3H3;9H,3-8H2,1-2H3;2*7H,6H2,1-5H3;6-8H,1-5H3;3-8H,1-2H3;5H,4H2,1-3H3;5-6H,1-4H3. The number of cyclic esters (lactones) is 1. The van der Waals surface area contributed by atoms with E-state index in [0.717, 1.165) is 81.2 Å². The van der Waals surface area contributed by atoms with Gasteiger partial charge in [0, 0.05) is 32.0 Å². The minimum absolute atomic E-state index is 0.0174. The highest BCUT2D eigenvalue weighted by Crippen LogP contribution is 2.36. The van der Waals surface area contributed by atoms with Crippen LogP contribution in [0.3, 0.4) is 0 Å². The summed E-state index contributed by atoms with van der Waals surface area (Å²) in [7, 11) is 1.71. The van der Waals surface area contributed by atoms with E-state index < -0.39 is 12.0 Å². The van der Waals surface area contributed by atoms with Gasteiger partial charge in [0.1, 0.15) is 47.8 Å². The van der Waals surface area contributed by atoms with E-state index in [1.54, 1.807) is 25.2 Å². The predicted molar refractivity (Wildman–Crippen MR) is 507 cm³/mol. The monoisotopic (exact) mass is 1740 g/mol. The second-order valence-corrected chi connectivity index (χ2v) is 39.1. The summed E-state index contributed by atoms with van der Waals surface area (Å²) in [6.45, 7) is 76.4. The van der Waals surface area contributed by atoms with Gasteiger partial charge in [-0.15, -0.1) is 0 Å². The van der Waals surface area contributed by atoms with E-state index in [4.69, 9.17) is 51.5 Å². The van der Waals surface area contributed by atoms with Crippen LogP contribution in [0.15, 0.2) is 111 Å². The van der Waals surface area contributed by atoms with Crippen molar-refractivity contribution in [3.8, 4) is 5.75 Å². The van der Waals surface area contributed by atoms with Crippen molar-refractivity contribution in [2.45, 2.75) is 355 Å². The molecule has 4 unspecified atom stereocenters. The molecule has 0 amide bonds. The molecule has 4 aliphatic rings. The minimum atomic E-state index is -0.599. The van der Waals surface area contributed by atoms with Crippen molar-refractivity contribution in [1.82, 2.24) is 4.90 Å². The molecule has 1 saturated heterocycles. The number of rotatable bonds is 22. The van der Waals surface area contributed by atoms with E-state index >= 15 is 0 Å². The summed E-state index contributed by atoms with van der Waals surface area (Å²) in [5.74, 6) is 6.42. The lowest BCUT2D eigenvalue weighted by molar-refractivity contribution is -0.154. The van der Waals surface area contributed by atoms with Gasteiger partial charge in [-0.3, -0.25) is 24.1 Å². The molecule has 1 saturated carbocycles. The molecule has 4 aromatic carbocycles. The number of fused-ring (bicyclic) bond motifs is 2. The highest BCUT2D eigenvalue weighted by atomic mass is 16.7. The molecule has 3 heterocycles. The molecule has 0 radical (unpaired) electrons. The molecular formula is C105H175NO18. The van der Waals surface area contributed by atoms with Crippen molar-refractivity contribution in [3.63, 3.8) is 0 Å². The molecule has 2 aliphatic carbocycles. The van der Waals surface area contributed by atoms with Crippen LogP contribution in [0, 0.1) is 71.0 Å². The number of nitrogens with zero attached hydrogens (tertiary/aromatic N) is 1. The molecule has 708 valence electrons. The number of morpholine rings is 1. The summed E-state index contributed by atoms with van der Waals surface area (Å²) in [4.78, 5) is 79.5. The van der Waals surface area contributed by atoms with Gasteiger partial charge in [0.2, 0.25) is 0 Å². The maximum absolute atomic E-state index is 11.4.